The van der Waals surface area contributed by atoms with E-state index in [2.05, 4.69) is 20.8 Å². The fraction of sp³-hybridized carbons (Fsp3) is 0.800. The molecule has 0 bridgehead atoms. The first-order valence-electron chi connectivity index (χ1n) is 9.65. The van der Waals surface area contributed by atoms with E-state index in [1.165, 1.54) is 45.4 Å². The Hall–Kier alpha value is -1.32. The summed E-state index contributed by atoms with van der Waals surface area (Å²) >= 11 is 0. The van der Waals surface area contributed by atoms with Gasteiger partial charge < -0.3 is 10.0 Å². The number of Topliss-reactive ketones (excluding diaryl/α,β-unsaturated/α-hetero) is 1. The Balaban J connectivity index is 2.50. The second-order valence-corrected chi connectivity index (χ2v) is 7.44. The van der Waals surface area contributed by atoms with Gasteiger partial charge in [-0.3, -0.25) is 9.59 Å². The zero-order chi connectivity index (χ0) is 18.1. The highest BCUT2D eigenvalue weighted by Gasteiger charge is 2.44. The van der Waals surface area contributed by atoms with Crippen molar-refractivity contribution in [3.63, 3.8) is 0 Å². The van der Waals surface area contributed by atoms with Gasteiger partial charge in [-0.25, -0.2) is 0 Å². The second-order valence-electron chi connectivity index (χ2n) is 7.44. The lowest BCUT2D eigenvalue weighted by atomic mass is 9.99. The van der Waals surface area contributed by atoms with Gasteiger partial charge in [-0.05, 0) is 25.7 Å². The van der Waals surface area contributed by atoms with Crippen LogP contribution in [0.4, 0.5) is 0 Å². The Morgan fingerprint density at radius 2 is 1.58 bits per heavy atom. The maximum atomic E-state index is 12.5. The molecule has 1 fully saturated rings. The van der Waals surface area contributed by atoms with E-state index in [1.807, 2.05) is 0 Å². The van der Waals surface area contributed by atoms with Crippen LogP contribution in [0, 0.1) is 5.92 Å². The van der Waals surface area contributed by atoms with E-state index in [0.29, 0.717) is 18.9 Å². The van der Waals surface area contributed by atoms with E-state index in [-0.39, 0.29) is 29.1 Å². The van der Waals surface area contributed by atoms with Crippen molar-refractivity contribution in [3.05, 3.63) is 11.3 Å². The van der Waals surface area contributed by atoms with Crippen molar-refractivity contribution in [3.8, 4) is 0 Å². The van der Waals surface area contributed by atoms with Crippen LogP contribution >= 0.6 is 0 Å². The highest BCUT2D eigenvalue weighted by molar-refractivity contribution is 6.26. The molecule has 0 aromatic carbocycles. The number of nitrogens with zero attached hydrogens (tertiary/aromatic N) is 1. The maximum Gasteiger partial charge on any atom is 0.261 e. The molecule has 0 saturated carbocycles. The zero-order valence-electron chi connectivity index (χ0n) is 15.9. The first-order chi connectivity index (χ1) is 11.4. The van der Waals surface area contributed by atoms with E-state index >= 15 is 0 Å². The van der Waals surface area contributed by atoms with Crippen LogP contribution in [0.3, 0.4) is 0 Å². The fourth-order valence-electron chi connectivity index (χ4n) is 3.39. The van der Waals surface area contributed by atoms with Gasteiger partial charge in [0.2, 0.25) is 0 Å². The van der Waals surface area contributed by atoms with Gasteiger partial charge in [0.15, 0.2) is 5.78 Å². The molecule has 1 aliphatic rings. The molecule has 0 aromatic heterocycles. The number of allylic oxidation sites excluding steroid dienone is 1. The van der Waals surface area contributed by atoms with E-state index < -0.39 is 0 Å². The molecule has 1 atom stereocenters. The van der Waals surface area contributed by atoms with Crippen LogP contribution in [-0.4, -0.2) is 34.3 Å². The van der Waals surface area contributed by atoms with Crippen LogP contribution in [-0.2, 0) is 9.59 Å². The van der Waals surface area contributed by atoms with Crippen LogP contribution in [0.5, 0.6) is 0 Å². The summed E-state index contributed by atoms with van der Waals surface area (Å²) in [6.07, 6.45) is 10.3. The van der Waals surface area contributed by atoms with Crippen LogP contribution in [0.1, 0.15) is 85.5 Å². The minimum absolute atomic E-state index is 0.000200. The molecular weight excluding hydrogens is 302 g/mol. The molecule has 1 aliphatic heterocycles. The fourth-order valence-corrected chi connectivity index (χ4v) is 3.39. The summed E-state index contributed by atoms with van der Waals surface area (Å²) < 4.78 is 0. The van der Waals surface area contributed by atoms with Gasteiger partial charge in [0, 0.05) is 6.54 Å². The summed E-state index contributed by atoms with van der Waals surface area (Å²) in [5.41, 5.74) is 0.000200. The minimum Gasteiger partial charge on any atom is -0.512 e. The predicted molar refractivity (Wildman–Crippen MR) is 97.9 cm³/mol. The molecule has 1 amide bonds. The molecular formula is C20H35NO3. The van der Waals surface area contributed by atoms with Crippen LogP contribution < -0.4 is 0 Å². The number of amides is 1. The molecule has 0 aromatic rings. The molecule has 1 N–H and O–H groups in total. The van der Waals surface area contributed by atoms with E-state index in [9.17, 15) is 14.7 Å². The average molecular weight is 338 g/mol. The summed E-state index contributed by atoms with van der Waals surface area (Å²) in [7, 11) is 0. The topological polar surface area (TPSA) is 57.6 Å². The third kappa shape index (κ3) is 5.95. The van der Waals surface area contributed by atoms with Gasteiger partial charge in [0.1, 0.15) is 11.3 Å². The largest absolute Gasteiger partial charge is 0.512 e. The second kappa shape index (κ2) is 10.5. The number of rotatable bonds is 11. The summed E-state index contributed by atoms with van der Waals surface area (Å²) in [5.74, 6) is -0.287. The Kier molecular flexibility index (Phi) is 9.09. The maximum absolute atomic E-state index is 12.5. The molecule has 138 valence electrons. The van der Waals surface area contributed by atoms with Crippen molar-refractivity contribution >= 4 is 11.7 Å². The standard InChI is InChI=1S/C20H35NO3/c1-5-6-7-8-9-10-11-12-13-21-17(14-15(2)3)19(23)18(16(4)22)20(21)24/h15,17,22H,5-14H2,1-4H3/t17-/m0/s1. The van der Waals surface area contributed by atoms with Gasteiger partial charge in [-0.2, -0.15) is 0 Å². The first-order valence-corrected chi connectivity index (χ1v) is 9.65. The van der Waals surface area contributed by atoms with Crippen molar-refractivity contribution in [2.24, 2.45) is 5.92 Å². The normalized spacial score (nSPS) is 20.4. The highest BCUT2D eigenvalue weighted by Crippen LogP contribution is 2.27. The van der Waals surface area contributed by atoms with Gasteiger partial charge in [-0.1, -0.05) is 65.7 Å². The lowest BCUT2D eigenvalue weighted by Crippen LogP contribution is -2.37. The van der Waals surface area contributed by atoms with E-state index in [4.69, 9.17) is 0 Å². The van der Waals surface area contributed by atoms with Crippen molar-refractivity contribution in [1.82, 2.24) is 4.90 Å². The van der Waals surface area contributed by atoms with Crippen molar-refractivity contribution < 1.29 is 14.7 Å². The number of hydrogen-bond donors (Lipinski definition) is 1. The number of unbranched alkanes of at least 4 members (excludes halogenated alkanes) is 7. The van der Waals surface area contributed by atoms with Gasteiger partial charge in [0.25, 0.3) is 5.91 Å². The summed E-state index contributed by atoms with van der Waals surface area (Å²) in [6.45, 7) is 8.38. The van der Waals surface area contributed by atoms with Crippen LogP contribution in [0.15, 0.2) is 11.3 Å². The van der Waals surface area contributed by atoms with Crippen LogP contribution in [0.25, 0.3) is 0 Å². The Morgan fingerprint density at radius 1 is 1.04 bits per heavy atom. The number of carbonyl (C=O) groups is 2. The number of aliphatic hydroxyl groups excluding tert-OH is 1. The SMILES string of the molecule is CCCCCCCCCCN1C(=O)C(=C(C)O)C(=O)[C@@H]1CC(C)C. The molecule has 4 heteroatoms. The molecule has 0 unspecified atom stereocenters. The quantitative estimate of drug-likeness (QED) is 0.255. The van der Waals surface area contributed by atoms with Crippen LogP contribution in [0.2, 0.25) is 0 Å². The molecule has 0 spiro atoms. The number of ketones is 1. The first kappa shape index (κ1) is 20.7. The molecule has 1 rings (SSSR count). The molecule has 1 saturated heterocycles. The van der Waals surface area contributed by atoms with E-state index in [1.54, 1.807) is 4.90 Å². The van der Waals surface area contributed by atoms with Gasteiger partial charge in [0.05, 0.1) is 6.04 Å². The van der Waals surface area contributed by atoms with Gasteiger partial charge >= 0.3 is 0 Å². The number of hydrogen-bond acceptors (Lipinski definition) is 3. The smallest absolute Gasteiger partial charge is 0.261 e. The predicted octanol–water partition coefficient (Wildman–Crippen LogP) is 4.79. The number of aliphatic hydroxyl groups is 1. The Bertz CT molecular complexity index is 450. The summed E-state index contributed by atoms with van der Waals surface area (Å²) in [5, 5.41) is 9.69. The van der Waals surface area contributed by atoms with Crippen molar-refractivity contribution in [1.29, 1.82) is 0 Å². The van der Waals surface area contributed by atoms with Gasteiger partial charge in [-0.15, -0.1) is 0 Å². The highest BCUT2D eigenvalue weighted by atomic mass is 16.3. The monoisotopic (exact) mass is 337 g/mol. The number of likely N-dealkylation sites (tertiary alicyclic amines) is 1. The Morgan fingerprint density at radius 3 is 2.08 bits per heavy atom. The molecule has 0 aliphatic carbocycles. The molecule has 4 nitrogen and oxygen atoms in total. The molecule has 1 heterocycles. The minimum atomic E-state index is -0.390. The summed E-state index contributed by atoms with van der Waals surface area (Å²) in [6, 6.07) is -0.390. The van der Waals surface area contributed by atoms with E-state index in [0.717, 1.165) is 12.8 Å². The van der Waals surface area contributed by atoms with Crippen molar-refractivity contribution in [2.75, 3.05) is 6.54 Å². The average Bonchev–Trinajstić information content (AvgIpc) is 2.73. The molecule has 0 radical (unpaired) electrons. The zero-order valence-corrected chi connectivity index (χ0v) is 15.9. The lowest BCUT2D eigenvalue weighted by molar-refractivity contribution is -0.127. The van der Waals surface area contributed by atoms with Crippen molar-refractivity contribution in [2.45, 2.75) is 91.5 Å². The lowest BCUT2D eigenvalue weighted by Gasteiger charge is -2.24. The third-order valence-electron chi connectivity index (χ3n) is 4.71. The number of carbonyl (C=O) groups excluding carboxylic acids is 2. The third-order valence-corrected chi connectivity index (χ3v) is 4.71. The Labute approximate surface area is 147 Å². The summed E-state index contributed by atoms with van der Waals surface area (Å²) in [4.78, 5) is 26.6. The molecule has 24 heavy (non-hydrogen) atoms.